The largest absolute Gasteiger partial charge is 0.340 e. The van der Waals surface area contributed by atoms with Crippen molar-refractivity contribution in [2.75, 3.05) is 6.54 Å². The van der Waals surface area contributed by atoms with Crippen LogP contribution in [0.1, 0.15) is 56.6 Å². The van der Waals surface area contributed by atoms with Crippen LogP contribution in [0.3, 0.4) is 0 Å². The summed E-state index contributed by atoms with van der Waals surface area (Å²) in [5, 5.41) is 0. The minimum Gasteiger partial charge on any atom is -0.340 e. The third kappa shape index (κ3) is 3.09. The van der Waals surface area contributed by atoms with Gasteiger partial charge in [-0.2, -0.15) is 0 Å². The number of carbonyl (C=O) groups is 1. The second-order valence-electron chi connectivity index (χ2n) is 5.97. The molecule has 4 nitrogen and oxygen atoms in total. The average molecular weight is 342 g/mol. The van der Waals surface area contributed by atoms with E-state index in [1.54, 1.807) is 0 Å². The van der Waals surface area contributed by atoms with Crippen LogP contribution in [0.25, 0.3) is 0 Å². The monoisotopic (exact) mass is 341 g/mol. The molecule has 1 aromatic rings. The van der Waals surface area contributed by atoms with Gasteiger partial charge >= 0.3 is 0 Å². The molecule has 0 spiro atoms. The van der Waals surface area contributed by atoms with E-state index in [2.05, 4.69) is 29.8 Å². The van der Waals surface area contributed by atoms with Crippen LogP contribution in [-0.4, -0.2) is 34.0 Å². The van der Waals surface area contributed by atoms with Gasteiger partial charge in [-0.3, -0.25) is 4.79 Å². The number of hydrogen-bond donors (Lipinski definition) is 1. The molecule has 2 unspecified atom stereocenters. The van der Waals surface area contributed by atoms with E-state index in [1.807, 2.05) is 28.7 Å². The summed E-state index contributed by atoms with van der Waals surface area (Å²) in [6.45, 7) is 6.98. The Morgan fingerprint density at radius 3 is 2.70 bits per heavy atom. The number of nitrogens with two attached hydrogens (primary N) is 1. The zero-order chi connectivity index (χ0) is 14.9. The molecular formula is C15H24BrN3O. The topological polar surface area (TPSA) is 51.3 Å². The number of piperidine rings is 1. The SMILES string of the molecule is CC(N)C1CCCCN1C(=O)c1cc(Br)cn1C(C)C. The van der Waals surface area contributed by atoms with Crippen LogP contribution in [0.2, 0.25) is 0 Å². The van der Waals surface area contributed by atoms with E-state index in [0.29, 0.717) is 0 Å². The van der Waals surface area contributed by atoms with Crippen LogP contribution in [0, 0.1) is 0 Å². The predicted molar refractivity (Wildman–Crippen MR) is 84.8 cm³/mol. The Labute approximate surface area is 129 Å². The quantitative estimate of drug-likeness (QED) is 0.917. The highest BCUT2D eigenvalue weighted by atomic mass is 79.9. The Hall–Kier alpha value is -0.810. The van der Waals surface area contributed by atoms with Crippen LogP contribution in [0.15, 0.2) is 16.7 Å². The van der Waals surface area contributed by atoms with E-state index < -0.39 is 0 Å². The first-order valence-electron chi connectivity index (χ1n) is 7.35. The first-order chi connectivity index (χ1) is 9.41. The molecule has 2 atom stereocenters. The van der Waals surface area contributed by atoms with Gasteiger partial charge in [0.15, 0.2) is 0 Å². The van der Waals surface area contributed by atoms with E-state index in [4.69, 9.17) is 5.73 Å². The van der Waals surface area contributed by atoms with Crippen LogP contribution in [0.5, 0.6) is 0 Å². The molecule has 1 saturated heterocycles. The van der Waals surface area contributed by atoms with Gasteiger partial charge in [0.25, 0.3) is 5.91 Å². The summed E-state index contributed by atoms with van der Waals surface area (Å²) in [6.07, 6.45) is 5.21. The summed E-state index contributed by atoms with van der Waals surface area (Å²) >= 11 is 3.47. The molecule has 1 fully saturated rings. The van der Waals surface area contributed by atoms with Crippen molar-refractivity contribution in [3.8, 4) is 0 Å². The average Bonchev–Trinajstić information content (AvgIpc) is 2.80. The fourth-order valence-electron chi connectivity index (χ4n) is 2.95. The van der Waals surface area contributed by atoms with E-state index in [-0.39, 0.29) is 24.0 Å². The Kier molecular flexibility index (Phi) is 4.91. The molecule has 2 N–H and O–H groups in total. The molecule has 0 saturated carbocycles. The van der Waals surface area contributed by atoms with E-state index in [0.717, 1.165) is 36.0 Å². The molecule has 1 aromatic heterocycles. The van der Waals surface area contributed by atoms with Gasteiger partial charge in [-0.1, -0.05) is 0 Å². The Morgan fingerprint density at radius 1 is 1.40 bits per heavy atom. The van der Waals surface area contributed by atoms with Crippen molar-refractivity contribution in [2.24, 2.45) is 5.73 Å². The van der Waals surface area contributed by atoms with Crippen molar-refractivity contribution in [2.45, 2.75) is 58.2 Å². The molecular weight excluding hydrogens is 318 g/mol. The molecule has 2 heterocycles. The summed E-state index contributed by atoms with van der Waals surface area (Å²) in [6, 6.07) is 2.35. The Balaban J connectivity index is 2.30. The lowest BCUT2D eigenvalue weighted by Crippen LogP contribution is -2.52. The standard InChI is InChI=1S/C15H24BrN3O/c1-10(2)19-9-12(16)8-14(19)15(20)18-7-5-4-6-13(18)11(3)17/h8-11,13H,4-7,17H2,1-3H3. The molecule has 0 bridgehead atoms. The van der Waals surface area contributed by atoms with Crippen LogP contribution < -0.4 is 5.73 Å². The lowest BCUT2D eigenvalue weighted by molar-refractivity contribution is 0.0571. The maximum atomic E-state index is 12.9. The highest BCUT2D eigenvalue weighted by molar-refractivity contribution is 9.10. The summed E-state index contributed by atoms with van der Waals surface area (Å²) in [7, 11) is 0. The van der Waals surface area contributed by atoms with E-state index in [9.17, 15) is 4.79 Å². The third-order valence-corrected chi connectivity index (χ3v) is 4.44. The molecule has 5 heteroatoms. The normalized spacial score (nSPS) is 21.3. The van der Waals surface area contributed by atoms with Crippen LogP contribution in [-0.2, 0) is 0 Å². The van der Waals surface area contributed by atoms with Gasteiger partial charge in [0.2, 0.25) is 0 Å². The third-order valence-electron chi connectivity index (χ3n) is 4.01. The van der Waals surface area contributed by atoms with Crippen LogP contribution in [0.4, 0.5) is 0 Å². The van der Waals surface area contributed by atoms with Gasteiger partial charge in [0.1, 0.15) is 5.69 Å². The predicted octanol–water partition coefficient (Wildman–Crippen LogP) is 3.17. The van der Waals surface area contributed by atoms with Crippen molar-refractivity contribution >= 4 is 21.8 Å². The van der Waals surface area contributed by atoms with Crippen molar-refractivity contribution in [3.05, 3.63) is 22.4 Å². The van der Waals surface area contributed by atoms with Gasteiger partial charge in [-0.05, 0) is 62.0 Å². The smallest absolute Gasteiger partial charge is 0.270 e. The van der Waals surface area contributed by atoms with Crippen molar-refractivity contribution < 1.29 is 4.79 Å². The fourth-order valence-corrected chi connectivity index (χ4v) is 3.38. The minimum absolute atomic E-state index is 0.0187. The number of nitrogens with zero attached hydrogens (tertiary/aromatic N) is 2. The molecule has 1 aliphatic heterocycles. The van der Waals surface area contributed by atoms with Gasteiger partial charge < -0.3 is 15.2 Å². The maximum absolute atomic E-state index is 12.9. The second kappa shape index (κ2) is 6.31. The summed E-state index contributed by atoms with van der Waals surface area (Å²) in [5.74, 6) is 0.103. The van der Waals surface area contributed by atoms with Crippen molar-refractivity contribution in [1.82, 2.24) is 9.47 Å². The lowest BCUT2D eigenvalue weighted by Gasteiger charge is -2.38. The Morgan fingerprint density at radius 2 is 2.10 bits per heavy atom. The highest BCUT2D eigenvalue weighted by Crippen LogP contribution is 2.25. The van der Waals surface area contributed by atoms with E-state index in [1.165, 1.54) is 0 Å². The minimum atomic E-state index is 0.0187. The summed E-state index contributed by atoms with van der Waals surface area (Å²) in [5.41, 5.74) is 6.82. The van der Waals surface area contributed by atoms with Crippen LogP contribution >= 0.6 is 15.9 Å². The summed E-state index contributed by atoms with van der Waals surface area (Å²) < 4.78 is 2.98. The zero-order valence-corrected chi connectivity index (χ0v) is 14.1. The van der Waals surface area contributed by atoms with Gasteiger partial charge in [0.05, 0.1) is 0 Å². The zero-order valence-electron chi connectivity index (χ0n) is 12.5. The number of likely N-dealkylation sites (tertiary alicyclic amines) is 1. The number of amides is 1. The molecule has 0 radical (unpaired) electrons. The second-order valence-corrected chi connectivity index (χ2v) is 6.88. The molecule has 0 aromatic carbocycles. The van der Waals surface area contributed by atoms with E-state index >= 15 is 0 Å². The molecule has 112 valence electrons. The lowest BCUT2D eigenvalue weighted by atomic mass is 9.96. The number of carbonyl (C=O) groups excluding carboxylic acids is 1. The molecule has 1 aliphatic rings. The highest BCUT2D eigenvalue weighted by Gasteiger charge is 2.31. The molecule has 2 rings (SSSR count). The van der Waals surface area contributed by atoms with Gasteiger partial charge in [-0.15, -0.1) is 0 Å². The Bertz CT molecular complexity index is 481. The van der Waals surface area contributed by atoms with Crippen molar-refractivity contribution in [3.63, 3.8) is 0 Å². The van der Waals surface area contributed by atoms with Crippen molar-refractivity contribution in [1.29, 1.82) is 0 Å². The molecule has 20 heavy (non-hydrogen) atoms. The maximum Gasteiger partial charge on any atom is 0.270 e. The van der Waals surface area contributed by atoms with Gasteiger partial charge in [0, 0.05) is 35.3 Å². The van der Waals surface area contributed by atoms with Gasteiger partial charge in [-0.25, -0.2) is 0 Å². The number of hydrogen-bond acceptors (Lipinski definition) is 2. The molecule has 0 aliphatic carbocycles. The number of aromatic nitrogens is 1. The number of rotatable bonds is 3. The fraction of sp³-hybridized carbons (Fsp3) is 0.667. The molecule has 1 amide bonds. The summed E-state index contributed by atoms with van der Waals surface area (Å²) in [4.78, 5) is 14.8. The first kappa shape index (κ1) is 15.6. The number of halogens is 1. The first-order valence-corrected chi connectivity index (χ1v) is 8.15.